The first-order chi connectivity index (χ1) is 12.7. The van der Waals surface area contributed by atoms with E-state index in [1.807, 2.05) is 18.2 Å². The molecule has 7 heteroatoms. The zero-order chi connectivity index (χ0) is 17.7. The molecule has 1 saturated heterocycles. The smallest absolute Gasteiger partial charge is 0.132 e. The van der Waals surface area contributed by atoms with Crippen LogP contribution in [0.2, 0.25) is 10.0 Å². The Morgan fingerprint density at radius 2 is 1.96 bits per heavy atom. The van der Waals surface area contributed by atoms with E-state index in [1.54, 1.807) is 0 Å². The monoisotopic (exact) mass is 391 g/mol. The molecule has 1 unspecified atom stereocenters. The predicted molar refractivity (Wildman–Crippen MR) is 108 cm³/mol. The van der Waals surface area contributed by atoms with Crippen molar-refractivity contribution in [2.75, 3.05) is 36.4 Å². The zero-order valence-corrected chi connectivity index (χ0v) is 16.1. The van der Waals surface area contributed by atoms with Crippen molar-refractivity contribution in [3.63, 3.8) is 0 Å². The Labute approximate surface area is 163 Å². The first kappa shape index (κ1) is 16.8. The quantitative estimate of drug-likeness (QED) is 0.746. The number of halogens is 2. The lowest BCUT2D eigenvalue weighted by molar-refractivity contribution is 0.370. The van der Waals surface area contributed by atoms with Crippen molar-refractivity contribution in [2.45, 2.75) is 31.6 Å². The third kappa shape index (κ3) is 2.97. The lowest BCUT2D eigenvalue weighted by Gasteiger charge is -2.31. The van der Waals surface area contributed by atoms with Crippen molar-refractivity contribution < 1.29 is 0 Å². The van der Waals surface area contributed by atoms with Gasteiger partial charge in [0.1, 0.15) is 12.0 Å². The number of hydrogen-bond donors (Lipinski definition) is 3. The van der Waals surface area contributed by atoms with Crippen molar-refractivity contribution >= 4 is 34.7 Å². The number of rotatable bonds is 4. The van der Waals surface area contributed by atoms with Gasteiger partial charge >= 0.3 is 0 Å². The number of nitrogens with one attached hydrogen (secondary N) is 3. The van der Waals surface area contributed by atoms with E-state index in [0.717, 1.165) is 48.3 Å². The molecule has 0 radical (unpaired) electrons. The molecule has 2 aromatic rings. The summed E-state index contributed by atoms with van der Waals surface area (Å²) in [7, 11) is 0. The van der Waals surface area contributed by atoms with Gasteiger partial charge in [-0.1, -0.05) is 23.2 Å². The van der Waals surface area contributed by atoms with Gasteiger partial charge in [0.25, 0.3) is 0 Å². The molecule has 138 valence electrons. The fourth-order valence-corrected chi connectivity index (χ4v) is 4.57. The summed E-state index contributed by atoms with van der Waals surface area (Å²) in [6.07, 6.45) is 2.78. The van der Waals surface area contributed by atoms with E-state index in [4.69, 9.17) is 23.2 Å². The van der Waals surface area contributed by atoms with Crippen LogP contribution < -0.4 is 20.9 Å². The van der Waals surface area contributed by atoms with E-state index >= 15 is 0 Å². The first-order valence-corrected chi connectivity index (χ1v) is 10.1. The molecule has 3 N–H and O–H groups in total. The van der Waals surface area contributed by atoms with Crippen LogP contribution in [0.1, 0.15) is 30.3 Å². The van der Waals surface area contributed by atoms with Crippen molar-refractivity contribution in [1.29, 1.82) is 0 Å². The predicted octanol–water partition coefficient (Wildman–Crippen LogP) is 3.43. The van der Waals surface area contributed by atoms with Crippen LogP contribution in [0.5, 0.6) is 0 Å². The summed E-state index contributed by atoms with van der Waals surface area (Å²) >= 11 is 12.5. The number of benzene rings is 1. The fourth-order valence-electron chi connectivity index (χ4n) is 4.20. The van der Waals surface area contributed by atoms with E-state index in [1.165, 1.54) is 30.0 Å². The molecular weight excluding hydrogens is 369 g/mol. The number of nitrogens with zero attached hydrogens (tertiary/aromatic N) is 2. The minimum Gasteiger partial charge on any atom is -0.368 e. The summed E-state index contributed by atoms with van der Waals surface area (Å²) in [6.45, 7) is 4.91. The van der Waals surface area contributed by atoms with E-state index in [0.29, 0.717) is 12.2 Å². The number of hydrogen-bond acceptors (Lipinski definition) is 4. The van der Waals surface area contributed by atoms with Gasteiger partial charge in [-0.25, -0.2) is 0 Å². The van der Waals surface area contributed by atoms with Crippen molar-refractivity contribution in [3.05, 3.63) is 45.6 Å². The summed E-state index contributed by atoms with van der Waals surface area (Å²) < 4.78 is 2.39. The molecule has 0 saturated carbocycles. The highest BCUT2D eigenvalue weighted by Crippen LogP contribution is 2.47. The van der Waals surface area contributed by atoms with Crippen LogP contribution in [0.3, 0.4) is 0 Å². The molecule has 26 heavy (non-hydrogen) atoms. The minimum absolute atomic E-state index is 0.374. The van der Waals surface area contributed by atoms with Gasteiger partial charge in [0.05, 0.1) is 11.4 Å². The maximum atomic E-state index is 6.37. The molecule has 5 nitrogen and oxygen atoms in total. The topological polar surface area (TPSA) is 44.3 Å². The largest absolute Gasteiger partial charge is 0.368 e. The van der Waals surface area contributed by atoms with Gasteiger partial charge in [-0.2, -0.15) is 0 Å². The first-order valence-electron chi connectivity index (χ1n) is 9.35. The normalized spacial score (nSPS) is 21.9. The molecule has 4 heterocycles. The maximum Gasteiger partial charge on any atom is 0.132 e. The number of fused-ring (bicyclic) bond motifs is 3. The van der Waals surface area contributed by atoms with Gasteiger partial charge in [0.2, 0.25) is 0 Å². The Morgan fingerprint density at radius 3 is 2.81 bits per heavy atom. The highest BCUT2D eigenvalue weighted by atomic mass is 35.5. The molecule has 1 fully saturated rings. The second-order valence-corrected chi connectivity index (χ2v) is 8.19. The lowest BCUT2D eigenvalue weighted by Crippen LogP contribution is -2.40. The minimum atomic E-state index is 0.374. The number of piperidine rings is 1. The number of aromatic nitrogens is 1. The Kier molecular flexibility index (Phi) is 4.28. The standard InChI is InChI=1S/C19H23Cl2N5/c20-13-1-2-15(21)12(9-13)11-25-8-7-23-18-16(25)10-17-19(26(17)18)24-14-3-5-22-6-4-14/h1-2,9-10,14,19,22-24H,3-8,11H2. The van der Waals surface area contributed by atoms with E-state index in [2.05, 4.69) is 31.5 Å². The summed E-state index contributed by atoms with van der Waals surface area (Å²) in [5.41, 5.74) is 3.72. The molecule has 1 atom stereocenters. The van der Waals surface area contributed by atoms with Crippen LogP contribution in [0, 0.1) is 0 Å². The average Bonchev–Trinajstić information content (AvgIpc) is 3.15. The summed E-state index contributed by atoms with van der Waals surface area (Å²) in [5, 5.41) is 12.3. The third-order valence-electron chi connectivity index (χ3n) is 5.63. The van der Waals surface area contributed by atoms with Crippen LogP contribution in [0.4, 0.5) is 11.5 Å². The molecule has 3 aliphatic heterocycles. The molecule has 0 aliphatic carbocycles. The molecule has 0 amide bonds. The van der Waals surface area contributed by atoms with Gasteiger partial charge in [-0.05, 0) is 55.8 Å². The Bertz CT molecular complexity index is 828. The molecule has 3 aliphatic rings. The highest BCUT2D eigenvalue weighted by Gasteiger charge is 2.40. The third-order valence-corrected chi connectivity index (χ3v) is 6.24. The Balaban J connectivity index is 1.32. The SMILES string of the molecule is Clc1ccc(Cl)c(CN2CCNc3c2cc2n3C2NC2CCNCC2)c1. The molecule has 0 bridgehead atoms. The van der Waals surface area contributed by atoms with Crippen LogP contribution in [0.15, 0.2) is 24.3 Å². The van der Waals surface area contributed by atoms with Crippen molar-refractivity contribution in [3.8, 4) is 0 Å². The summed E-state index contributed by atoms with van der Waals surface area (Å²) in [6, 6.07) is 8.62. The van der Waals surface area contributed by atoms with Gasteiger partial charge in [-0.15, -0.1) is 0 Å². The lowest BCUT2D eigenvalue weighted by atomic mass is 10.1. The molecular formula is C19H23Cl2N5. The van der Waals surface area contributed by atoms with Gasteiger partial charge in [0.15, 0.2) is 0 Å². The van der Waals surface area contributed by atoms with Crippen LogP contribution in [-0.4, -0.2) is 36.8 Å². The van der Waals surface area contributed by atoms with Gasteiger partial charge in [-0.3, -0.25) is 5.32 Å². The molecule has 5 rings (SSSR count). The molecule has 1 aromatic carbocycles. The van der Waals surface area contributed by atoms with E-state index < -0.39 is 0 Å². The van der Waals surface area contributed by atoms with Crippen molar-refractivity contribution in [2.24, 2.45) is 0 Å². The van der Waals surface area contributed by atoms with Gasteiger partial charge < -0.3 is 20.1 Å². The summed E-state index contributed by atoms with van der Waals surface area (Å²) in [5.74, 6) is 1.23. The van der Waals surface area contributed by atoms with Crippen LogP contribution in [0.25, 0.3) is 0 Å². The van der Waals surface area contributed by atoms with Gasteiger partial charge in [0, 0.05) is 35.7 Å². The Hall–Kier alpha value is -1.40. The number of anilines is 2. The Morgan fingerprint density at radius 1 is 1.12 bits per heavy atom. The molecule has 1 aromatic heterocycles. The summed E-state index contributed by atoms with van der Waals surface area (Å²) in [4.78, 5) is 2.39. The van der Waals surface area contributed by atoms with Crippen molar-refractivity contribution in [1.82, 2.24) is 15.2 Å². The zero-order valence-electron chi connectivity index (χ0n) is 14.6. The second kappa shape index (κ2) is 6.64. The maximum absolute atomic E-state index is 6.37. The van der Waals surface area contributed by atoms with E-state index in [-0.39, 0.29) is 0 Å². The van der Waals surface area contributed by atoms with Crippen LogP contribution in [-0.2, 0) is 6.54 Å². The highest BCUT2D eigenvalue weighted by molar-refractivity contribution is 6.33. The fraction of sp³-hybridized carbons (Fsp3) is 0.474. The van der Waals surface area contributed by atoms with Crippen LogP contribution >= 0.6 is 23.2 Å². The molecule has 0 spiro atoms. The average molecular weight is 392 g/mol. The second-order valence-electron chi connectivity index (χ2n) is 7.35. The van der Waals surface area contributed by atoms with E-state index in [9.17, 15) is 0 Å².